The summed E-state index contributed by atoms with van der Waals surface area (Å²) in [6.45, 7) is 0. The van der Waals surface area contributed by atoms with E-state index in [0.29, 0.717) is 4.48 Å². The molecular formula is C16H11Br2N. The highest BCUT2D eigenvalue weighted by atomic mass is 79.9. The van der Waals surface area contributed by atoms with Gasteiger partial charge in [-0.3, -0.25) is 0 Å². The number of benzene rings is 2. The smallest absolute Gasteiger partial charge is 0.107 e. The van der Waals surface area contributed by atoms with Crippen molar-refractivity contribution in [2.45, 2.75) is 5.33 Å². The fourth-order valence-electron chi connectivity index (χ4n) is 1.84. The maximum atomic E-state index is 9.17. The summed E-state index contributed by atoms with van der Waals surface area (Å²) in [5.41, 5.74) is 4.19. The average Bonchev–Trinajstić information content (AvgIpc) is 2.49. The highest BCUT2D eigenvalue weighted by Crippen LogP contribution is 2.29. The van der Waals surface area contributed by atoms with Gasteiger partial charge < -0.3 is 0 Å². The normalized spacial score (nSPS) is 11.6. The first-order valence-electron chi connectivity index (χ1n) is 5.77. The van der Waals surface area contributed by atoms with E-state index in [1.165, 1.54) is 5.56 Å². The molecule has 2 aromatic rings. The van der Waals surface area contributed by atoms with Gasteiger partial charge in [0, 0.05) is 10.9 Å². The third-order valence-corrected chi connectivity index (χ3v) is 4.00. The predicted molar refractivity (Wildman–Crippen MR) is 86.1 cm³/mol. The first-order valence-corrected chi connectivity index (χ1v) is 7.68. The molecule has 0 saturated carbocycles. The lowest BCUT2D eigenvalue weighted by Gasteiger charge is -2.09. The number of nitrogens with zero attached hydrogens (tertiary/aromatic N) is 1. The second-order valence-electron chi connectivity index (χ2n) is 4.00. The molecule has 0 radical (unpaired) electrons. The molecule has 0 aliphatic carbocycles. The number of halogens is 2. The molecule has 0 aliphatic heterocycles. The largest absolute Gasteiger partial charge is 0.192 e. The second kappa shape index (κ2) is 6.70. The van der Waals surface area contributed by atoms with Gasteiger partial charge in [-0.2, -0.15) is 5.26 Å². The minimum absolute atomic E-state index is 0.547. The van der Waals surface area contributed by atoms with Crippen molar-refractivity contribution in [3.8, 4) is 6.07 Å². The van der Waals surface area contributed by atoms with Crippen LogP contribution in [0.5, 0.6) is 0 Å². The fraction of sp³-hybridized carbons (Fsp3) is 0.0625. The fourth-order valence-corrected chi connectivity index (χ4v) is 2.67. The molecule has 0 atom stereocenters. The first-order chi connectivity index (χ1) is 9.26. The van der Waals surface area contributed by atoms with E-state index < -0.39 is 0 Å². The molecule has 2 rings (SSSR count). The summed E-state index contributed by atoms with van der Waals surface area (Å²) in [5.74, 6) is 0. The molecular weight excluding hydrogens is 366 g/mol. The van der Waals surface area contributed by atoms with Gasteiger partial charge >= 0.3 is 0 Å². The molecule has 0 N–H and O–H groups in total. The van der Waals surface area contributed by atoms with Crippen LogP contribution in [0.1, 0.15) is 16.7 Å². The minimum Gasteiger partial charge on any atom is -0.192 e. The lowest BCUT2D eigenvalue weighted by Crippen LogP contribution is -1.90. The zero-order valence-electron chi connectivity index (χ0n) is 10.1. The van der Waals surface area contributed by atoms with Gasteiger partial charge in [0.2, 0.25) is 0 Å². The third kappa shape index (κ3) is 3.34. The van der Waals surface area contributed by atoms with Crippen LogP contribution >= 0.6 is 31.9 Å². The van der Waals surface area contributed by atoms with Crippen LogP contribution in [0.2, 0.25) is 0 Å². The van der Waals surface area contributed by atoms with Crippen LogP contribution in [-0.4, -0.2) is 0 Å². The maximum Gasteiger partial charge on any atom is 0.107 e. The van der Waals surface area contributed by atoms with Crippen LogP contribution in [0.4, 0.5) is 0 Å². The van der Waals surface area contributed by atoms with Crippen LogP contribution in [0.3, 0.4) is 0 Å². The van der Waals surface area contributed by atoms with Crippen LogP contribution in [0.15, 0.2) is 59.1 Å². The summed E-state index contributed by atoms with van der Waals surface area (Å²) >= 11 is 6.79. The summed E-state index contributed by atoms with van der Waals surface area (Å²) in [6.07, 6.45) is 0. The Bertz CT molecular complexity index is 622. The molecule has 1 nitrogen and oxygen atoms in total. The van der Waals surface area contributed by atoms with Crippen LogP contribution < -0.4 is 0 Å². The number of rotatable bonds is 3. The highest BCUT2D eigenvalue weighted by molar-refractivity contribution is 9.12. The second-order valence-corrected chi connectivity index (χ2v) is 5.35. The molecule has 0 heterocycles. The molecule has 0 spiro atoms. The van der Waals surface area contributed by atoms with Gasteiger partial charge in [0.1, 0.15) is 10.6 Å². The summed E-state index contributed by atoms with van der Waals surface area (Å²) in [7, 11) is 0. The zero-order valence-corrected chi connectivity index (χ0v) is 13.3. The maximum absolute atomic E-state index is 9.17. The summed E-state index contributed by atoms with van der Waals surface area (Å²) in [6, 6.07) is 20.3. The van der Waals surface area contributed by atoms with E-state index in [9.17, 15) is 0 Å². The highest BCUT2D eigenvalue weighted by Gasteiger charge is 2.09. The van der Waals surface area contributed by atoms with Crippen molar-refractivity contribution >= 4 is 37.4 Å². The van der Waals surface area contributed by atoms with Gasteiger partial charge in [-0.15, -0.1) is 0 Å². The molecule has 0 unspecified atom stereocenters. The Morgan fingerprint density at radius 2 is 1.53 bits per heavy atom. The third-order valence-electron chi connectivity index (χ3n) is 2.78. The number of hydrogen-bond acceptors (Lipinski definition) is 1. The Labute approximate surface area is 129 Å². The average molecular weight is 377 g/mol. The van der Waals surface area contributed by atoms with Crippen molar-refractivity contribution in [3.05, 3.63) is 75.8 Å². The van der Waals surface area contributed by atoms with Crippen molar-refractivity contribution in [1.82, 2.24) is 0 Å². The van der Waals surface area contributed by atoms with E-state index in [1.54, 1.807) is 0 Å². The van der Waals surface area contributed by atoms with Crippen molar-refractivity contribution in [2.24, 2.45) is 0 Å². The van der Waals surface area contributed by atoms with Crippen LogP contribution in [0, 0.1) is 11.3 Å². The van der Waals surface area contributed by atoms with Crippen molar-refractivity contribution in [1.29, 1.82) is 5.26 Å². The first kappa shape index (κ1) is 14.0. The quantitative estimate of drug-likeness (QED) is 0.529. The molecule has 0 aromatic heterocycles. The topological polar surface area (TPSA) is 23.8 Å². The Morgan fingerprint density at radius 1 is 0.947 bits per heavy atom. The Morgan fingerprint density at radius 3 is 2.05 bits per heavy atom. The summed E-state index contributed by atoms with van der Waals surface area (Å²) in [4.78, 5) is 0. The van der Waals surface area contributed by atoms with Crippen molar-refractivity contribution in [3.63, 3.8) is 0 Å². The van der Waals surface area contributed by atoms with Gasteiger partial charge in [0.05, 0.1) is 0 Å². The van der Waals surface area contributed by atoms with Gasteiger partial charge in [-0.05, 0) is 32.6 Å². The molecule has 0 bridgehead atoms. The number of hydrogen-bond donors (Lipinski definition) is 0. The lowest BCUT2D eigenvalue weighted by atomic mass is 9.97. The van der Waals surface area contributed by atoms with Crippen LogP contribution in [-0.2, 0) is 5.33 Å². The lowest BCUT2D eigenvalue weighted by molar-refractivity contribution is 1.41. The summed E-state index contributed by atoms with van der Waals surface area (Å²) in [5, 5.41) is 10.00. The number of alkyl halides is 1. The van der Waals surface area contributed by atoms with Crippen molar-refractivity contribution < 1.29 is 0 Å². The van der Waals surface area contributed by atoms with Gasteiger partial charge in [-0.1, -0.05) is 70.5 Å². The van der Waals surface area contributed by atoms with E-state index in [2.05, 4.69) is 50.1 Å². The van der Waals surface area contributed by atoms with Crippen LogP contribution in [0.25, 0.3) is 5.57 Å². The number of allylic oxidation sites excluding steroid dienone is 1. The zero-order chi connectivity index (χ0) is 13.7. The molecule has 2 aromatic carbocycles. The van der Waals surface area contributed by atoms with E-state index in [0.717, 1.165) is 22.0 Å². The van der Waals surface area contributed by atoms with Gasteiger partial charge in [0.15, 0.2) is 0 Å². The molecule has 94 valence electrons. The molecule has 0 aliphatic rings. The Hall–Kier alpha value is -1.37. The Balaban J connectivity index is 2.54. The molecule has 0 amide bonds. The molecule has 19 heavy (non-hydrogen) atoms. The predicted octanol–water partition coefficient (Wildman–Crippen LogP) is 5.26. The SMILES string of the molecule is N#CC(Br)=C(c1ccccc1)c1ccc(CBr)cc1. The molecule has 0 saturated heterocycles. The van der Waals surface area contributed by atoms with E-state index in [4.69, 9.17) is 5.26 Å². The number of nitriles is 1. The monoisotopic (exact) mass is 375 g/mol. The molecule has 0 fully saturated rings. The van der Waals surface area contributed by atoms with Gasteiger partial charge in [0.25, 0.3) is 0 Å². The standard InChI is InChI=1S/C16H11Br2N/c17-10-12-6-8-14(9-7-12)16(15(18)11-19)13-4-2-1-3-5-13/h1-9H,10H2. The van der Waals surface area contributed by atoms with E-state index in [-0.39, 0.29) is 0 Å². The molecule has 3 heteroatoms. The Kier molecular flexibility index (Phi) is 4.95. The van der Waals surface area contributed by atoms with E-state index >= 15 is 0 Å². The van der Waals surface area contributed by atoms with Gasteiger partial charge in [-0.25, -0.2) is 0 Å². The van der Waals surface area contributed by atoms with Crippen molar-refractivity contribution in [2.75, 3.05) is 0 Å². The minimum atomic E-state index is 0.547. The van der Waals surface area contributed by atoms with E-state index in [1.807, 2.05) is 42.5 Å². The summed E-state index contributed by atoms with van der Waals surface area (Å²) < 4.78 is 0.547.